The molecule has 0 heterocycles. The average Bonchev–Trinajstić information content (AvgIpc) is 2.40. The van der Waals surface area contributed by atoms with Gasteiger partial charge in [-0.2, -0.15) is 0 Å². The third kappa shape index (κ3) is 2.97. The van der Waals surface area contributed by atoms with E-state index in [1.54, 1.807) is 0 Å². The maximum atomic E-state index is 10.7. The fourth-order valence-corrected chi connectivity index (χ4v) is 3.70. The largest absolute Gasteiger partial charge is 0.388 e. The molecule has 1 aliphatic carbocycles. The van der Waals surface area contributed by atoms with Crippen LogP contribution in [0, 0.1) is 18.8 Å². The Morgan fingerprint density at radius 2 is 2.06 bits per heavy atom. The van der Waals surface area contributed by atoms with Crippen molar-refractivity contribution in [2.75, 3.05) is 0 Å². The van der Waals surface area contributed by atoms with Gasteiger partial charge in [0.25, 0.3) is 0 Å². The molecule has 0 aromatic heterocycles. The van der Waals surface area contributed by atoms with Gasteiger partial charge in [0.05, 0.1) is 6.10 Å². The molecule has 0 saturated heterocycles. The van der Waals surface area contributed by atoms with Crippen molar-refractivity contribution in [1.82, 2.24) is 0 Å². The summed E-state index contributed by atoms with van der Waals surface area (Å²) >= 11 is 3.51. The zero-order valence-corrected chi connectivity index (χ0v) is 12.9. The van der Waals surface area contributed by atoms with Gasteiger partial charge in [-0.3, -0.25) is 0 Å². The molecule has 1 saturated carbocycles. The van der Waals surface area contributed by atoms with Crippen LogP contribution >= 0.6 is 15.9 Å². The lowest BCUT2D eigenvalue weighted by atomic mass is 9.73. The lowest BCUT2D eigenvalue weighted by Gasteiger charge is -2.35. The van der Waals surface area contributed by atoms with Crippen LogP contribution in [0.2, 0.25) is 0 Å². The Balaban J connectivity index is 2.23. The van der Waals surface area contributed by atoms with E-state index in [9.17, 15) is 5.11 Å². The molecule has 2 rings (SSSR count). The van der Waals surface area contributed by atoms with Gasteiger partial charge in [-0.25, -0.2) is 0 Å². The Hall–Kier alpha value is -0.340. The number of aryl methyl sites for hydroxylation is 1. The van der Waals surface area contributed by atoms with E-state index in [1.807, 2.05) is 6.07 Å². The second-order valence-corrected chi connectivity index (χ2v) is 6.48. The van der Waals surface area contributed by atoms with E-state index in [2.05, 4.69) is 41.9 Å². The smallest absolute Gasteiger partial charge is 0.0823 e. The van der Waals surface area contributed by atoms with Gasteiger partial charge in [0.2, 0.25) is 0 Å². The first-order valence-electron chi connectivity index (χ1n) is 7.07. The maximum Gasteiger partial charge on any atom is 0.0823 e. The molecule has 0 radical (unpaired) electrons. The summed E-state index contributed by atoms with van der Waals surface area (Å²) in [6.07, 6.45) is 5.95. The summed E-state index contributed by atoms with van der Waals surface area (Å²) in [5.41, 5.74) is 2.31. The summed E-state index contributed by atoms with van der Waals surface area (Å²) in [6, 6.07) is 6.22. The molecule has 1 aromatic rings. The van der Waals surface area contributed by atoms with Crippen LogP contribution in [0.25, 0.3) is 0 Å². The molecule has 1 aliphatic rings. The number of hydrogen-bond acceptors (Lipinski definition) is 1. The summed E-state index contributed by atoms with van der Waals surface area (Å²) in [6.45, 7) is 4.35. The van der Waals surface area contributed by atoms with Crippen LogP contribution in [0.4, 0.5) is 0 Å². The number of halogens is 1. The molecule has 3 unspecified atom stereocenters. The molecule has 2 heteroatoms. The van der Waals surface area contributed by atoms with Crippen LogP contribution < -0.4 is 0 Å². The first-order chi connectivity index (χ1) is 8.63. The Morgan fingerprint density at radius 3 is 2.78 bits per heavy atom. The predicted molar refractivity (Wildman–Crippen MR) is 79.6 cm³/mol. The Labute approximate surface area is 119 Å². The summed E-state index contributed by atoms with van der Waals surface area (Å²) in [5, 5.41) is 10.7. The van der Waals surface area contributed by atoms with Crippen molar-refractivity contribution >= 4 is 15.9 Å². The highest BCUT2D eigenvalue weighted by atomic mass is 79.9. The molecule has 0 aliphatic heterocycles. The van der Waals surface area contributed by atoms with E-state index in [0.717, 1.165) is 10.0 Å². The third-order valence-electron chi connectivity index (χ3n) is 4.46. The van der Waals surface area contributed by atoms with E-state index in [4.69, 9.17) is 0 Å². The van der Waals surface area contributed by atoms with Crippen molar-refractivity contribution in [3.05, 3.63) is 33.8 Å². The minimum absolute atomic E-state index is 0.298. The van der Waals surface area contributed by atoms with Crippen molar-refractivity contribution in [1.29, 1.82) is 0 Å². The number of rotatable bonds is 3. The Bertz CT molecular complexity index is 402. The monoisotopic (exact) mass is 310 g/mol. The maximum absolute atomic E-state index is 10.7. The van der Waals surface area contributed by atoms with Crippen LogP contribution in [0.5, 0.6) is 0 Å². The van der Waals surface area contributed by atoms with Gasteiger partial charge < -0.3 is 5.11 Å². The van der Waals surface area contributed by atoms with Crippen LogP contribution in [-0.2, 0) is 0 Å². The molecular formula is C16H23BrO. The van der Waals surface area contributed by atoms with E-state index in [1.165, 1.54) is 37.7 Å². The van der Waals surface area contributed by atoms with Gasteiger partial charge in [-0.1, -0.05) is 54.6 Å². The fraction of sp³-hybridized carbons (Fsp3) is 0.625. The second-order valence-electron chi connectivity index (χ2n) is 5.56. The Morgan fingerprint density at radius 1 is 1.33 bits per heavy atom. The molecule has 1 nitrogen and oxygen atoms in total. The van der Waals surface area contributed by atoms with Crippen molar-refractivity contribution in [2.24, 2.45) is 11.8 Å². The molecule has 0 amide bonds. The van der Waals surface area contributed by atoms with E-state index in [0.29, 0.717) is 11.8 Å². The summed E-state index contributed by atoms with van der Waals surface area (Å²) in [7, 11) is 0. The van der Waals surface area contributed by atoms with Crippen molar-refractivity contribution in [2.45, 2.75) is 52.1 Å². The molecule has 1 N–H and O–H groups in total. The zero-order valence-electron chi connectivity index (χ0n) is 11.3. The molecule has 18 heavy (non-hydrogen) atoms. The highest BCUT2D eigenvalue weighted by Crippen LogP contribution is 2.41. The molecule has 0 spiro atoms. The molecule has 3 atom stereocenters. The van der Waals surface area contributed by atoms with E-state index >= 15 is 0 Å². The highest BCUT2D eigenvalue weighted by molar-refractivity contribution is 9.10. The van der Waals surface area contributed by atoms with Gasteiger partial charge in [-0.15, -0.1) is 0 Å². The number of benzene rings is 1. The molecule has 1 aromatic carbocycles. The predicted octanol–water partition coefficient (Wildman–Crippen LogP) is 5.01. The first-order valence-corrected chi connectivity index (χ1v) is 7.87. The van der Waals surface area contributed by atoms with Gasteiger partial charge >= 0.3 is 0 Å². The molecule has 0 bridgehead atoms. The van der Waals surface area contributed by atoms with Gasteiger partial charge in [0.15, 0.2) is 0 Å². The van der Waals surface area contributed by atoms with Crippen molar-refractivity contribution in [3.63, 3.8) is 0 Å². The highest BCUT2D eigenvalue weighted by Gasteiger charge is 2.31. The third-order valence-corrected chi connectivity index (χ3v) is 4.95. The van der Waals surface area contributed by atoms with Gasteiger partial charge in [0, 0.05) is 4.47 Å². The summed E-state index contributed by atoms with van der Waals surface area (Å²) in [5.74, 6) is 1.13. The fourth-order valence-electron chi connectivity index (χ4n) is 3.32. The van der Waals surface area contributed by atoms with Crippen LogP contribution in [0.1, 0.15) is 56.3 Å². The first kappa shape index (κ1) is 14.1. The van der Waals surface area contributed by atoms with Crippen LogP contribution in [0.15, 0.2) is 22.7 Å². The SMILES string of the molecule is CCC1CCCCC1C(O)c1cc(Br)ccc1C. The Kier molecular flexibility index (Phi) is 4.85. The molecule has 1 fully saturated rings. The molecular weight excluding hydrogens is 288 g/mol. The van der Waals surface area contributed by atoms with Crippen molar-refractivity contribution < 1.29 is 5.11 Å². The minimum atomic E-state index is -0.298. The lowest BCUT2D eigenvalue weighted by Crippen LogP contribution is -2.25. The topological polar surface area (TPSA) is 20.2 Å². The van der Waals surface area contributed by atoms with Gasteiger partial charge in [-0.05, 0) is 48.4 Å². The number of aliphatic hydroxyl groups is 1. The van der Waals surface area contributed by atoms with E-state index < -0.39 is 0 Å². The second kappa shape index (κ2) is 6.21. The number of aliphatic hydroxyl groups excluding tert-OH is 1. The number of hydrogen-bond donors (Lipinski definition) is 1. The van der Waals surface area contributed by atoms with E-state index in [-0.39, 0.29) is 6.10 Å². The summed E-state index contributed by atoms with van der Waals surface area (Å²) < 4.78 is 1.06. The van der Waals surface area contributed by atoms with Crippen LogP contribution in [-0.4, -0.2) is 5.11 Å². The zero-order chi connectivity index (χ0) is 13.1. The van der Waals surface area contributed by atoms with Crippen molar-refractivity contribution in [3.8, 4) is 0 Å². The normalized spacial score (nSPS) is 26.0. The summed E-state index contributed by atoms with van der Waals surface area (Å²) in [4.78, 5) is 0. The van der Waals surface area contributed by atoms with Crippen LogP contribution in [0.3, 0.4) is 0 Å². The quantitative estimate of drug-likeness (QED) is 0.832. The average molecular weight is 311 g/mol. The minimum Gasteiger partial charge on any atom is -0.388 e. The standard InChI is InChI=1S/C16H23BrO/c1-3-12-6-4-5-7-14(12)16(18)15-10-13(17)9-8-11(15)2/h8-10,12,14,16,18H,3-7H2,1-2H3. The van der Waals surface area contributed by atoms with Gasteiger partial charge in [0.1, 0.15) is 0 Å². The lowest BCUT2D eigenvalue weighted by molar-refractivity contribution is 0.0447. The molecule has 100 valence electrons.